The Balaban J connectivity index is 1.17. The summed E-state index contributed by atoms with van der Waals surface area (Å²) in [5.41, 5.74) is 13.9. The zero-order valence-electron chi connectivity index (χ0n) is 32.2. The second-order valence-electron chi connectivity index (χ2n) is 14.9. The third kappa shape index (κ3) is 6.17. The molecule has 3 nitrogen and oxygen atoms in total. The highest BCUT2D eigenvalue weighted by Gasteiger charge is 2.20. The van der Waals surface area contributed by atoms with E-state index < -0.39 is 0 Å². The van der Waals surface area contributed by atoms with Crippen molar-refractivity contribution >= 4 is 60.4 Å². The number of anilines is 3. The van der Waals surface area contributed by atoms with E-state index in [1.165, 1.54) is 16.5 Å². The summed E-state index contributed by atoms with van der Waals surface area (Å²) in [4.78, 5) is 13.2. The molecule has 0 saturated heterocycles. The molecule has 3 heteroatoms. The lowest BCUT2D eigenvalue weighted by molar-refractivity contribution is 1.29. The number of fused-ring (bicyclic) bond motifs is 6. The summed E-state index contributed by atoms with van der Waals surface area (Å²) in [5, 5.41) is 6.80. The molecule has 0 N–H and O–H groups in total. The average Bonchev–Trinajstić information content (AvgIpc) is 3.32. The fourth-order valence-electron chi connectivity index (χ4n) is 8.65. The standard InChI is InChI=1S/C56H37N3/c1-5-17-38(18-6-1)39-29-31-40(32-30-39)48-37-54(57-52-28-16-15-26-46(48)52)49-36-51-55(47-27-14-13-25-45(47)49)50-35-44(33-34-53(50)58-56(51)41-19-7-2-8-20-41)59(42-21-9-3-10-22-42)43-23-11-4-12-24-43/h1-37H. The van der Waals surface area contributed by atoms with Gasteiger partial charge in [-0.25, -0.2) is 9.97 Å². The van der Waals surface area contributed by atoms with Crippen molar-refractivity contribution in [1.29, 1.82) is 0 Å². The van der Waals surface area contributed by atoms with Gasteiger partial charge in [-0.05, 0) is 93.7 Å². The number of rotatable bonds is 7. The van der Waals surface area contributed by atoms with Crippen LogP contribution in [-0.2, 0) is 0 Å². The SMILES string of the molecule is c1ccc(-c2ccc(-c3cc(-c4cc5c(-c6ccccc6)nc6ccc(N(c7ccccc7)c7ccccc7)cc6c5c5ccccc45)nc4ccccc34)cc2)cc1. The van der Waals surface area contributed by atoms with Crippen LogP contribution < -0.4 is 4.90 Å². The normalized spacial score (nSPS) is 11.4. The van der Waals surface area contributed by atoms with Gasteiger partial charge in [0.05, 0.1) is 22.4 Å². The third-order valence-corrected chi connectivity index (χ3v) is 11.4. The van der Waals surface area contributed by atoms with E-state index in [4.69, 9.17) is 9.97 Å². The average molecular weight is 752 g/mol. The van der Waals surface area contributed by atoms with Crippen LogP contribution in [0.4, 0.5) is 17.1 Å². The first-order chi connectivity index (χ1) is 29.3. The smallest absolute Gasteiger partial charge is 0.0788 e. The first-order valence-corrected chi connectivity index (χ1v) is 20.1. The number of hydrogen-bond acceptors (Lipinski definition) is 3. The monoisotopic (exact) mass is 751 g/mol. The van der Waals surface area contributed by atoms with Crippen molar-refractivity contribution in [1.82, 2.24) is 9.97 Å². The molecule has 9 aromatic carbocycles. The molecular weight excluding hydrogens is 715 g/mol. The van der Waals surface area contributed by atoms with Crippen molar-refractivity contribution in [3.05, 3.63) is 224 Å². The molecule has 2 aromatic heterocycles. The van der Waals surface area contributed by atoms with Crippen molar-refractivity contribution in [2.24, 2.45) is 0 Å². The molecule has 0 atom stereocenters. The van der Waals surface area contributed by atoms with Crippen LogP contribution >= 0.6 is 0 Å². The van der Waals surface area contributed by atoms with E-state index in [9.17, 15) is 0 Å². The molecule has 11 aromatic rings. The first kappa shape index (κ1) is 34.4. The summed E-state index contributed by atoms with van der Waals surface area (Å²) in [7, 11) is 0. The van der Waals surface area contributed by atoms with Crippen LogP contribution in [0.1, 0.15) is 0 Å². The molecule has 0 aliphatic rings. The van der Waals surface area contributed by atoms with Gasteiger partial charge in [-0.3, -0.25) is 0 Å². The van der Waals surface area contributed by atoms with Crippen LogP contribution in [-0.4, -0.2) is 9.97 Å². The van der Waals surface area contributed by atoms with E-state index in [2.05, 4.69) is 229 Å². The molecule has 0 aliphatic heterocycles. The van der Waals surface area contributed by atoms with Crippen LogP contribution in [0.5, 0.6) is 0 Å². The van der Waals surface area contributed by atoms with Gasteiger partial charge in [0.25, 0.3) is 0 Å². The van der Waals surface area contributed by atoms with E-state index >= 15 is 0 Å². The minimum absolute atomic E-state index is 0.927. The fourth-order valence-corrected chi connectivity index (χ4v) is 8.65. The van der Waals surface area contributed by atoms with Gasteiger partial charge < -0.3 is 4.90 Å². The van der Waals surface area contributed by atoms with E-state index in [-0.39, 0.29) is 0 Å². The van der Waals surface area contributed by atoms with Gasteiger partial charge >= 0.3 is 0 Å². The van der Waals surface area contributed by atoms with Crippen molar-refractivity contribution in [2.45, 2.75) is 0 Å². The maximum Gasteiger partial charge on any atom is 0.0788 e. The van der Waals surface area contributed by atoms with E-state index in [1.807, 2.05) is 0 Å². The lowest BCUT2D eigenvalue weighted by Crippen LogP contribution is -2.09. The summed E-state index contributed by atoms with van der Waals surface area (Å²) in [6.45, 7) is 0. The second-order valence-corrected chi connectivity index (χ2v) is 14.9. The Morgan fingerprint density at radius 1 is 0.288 bits per heavy atom. The van der Waals surface area contributed by atoms with Crippen LogP contribution in [0.15, 0.2) is 224 Å². The Morgan fingerprint density at radius 3 is 1.49 bits per heavy atom. The zero-order chi connectivity index (χ0) is 39.1. The molecule has 0 saturated carbocycles. The number of aromatic nitrogens is 2. The van der Waals surface area contributed by atoms with Gasteiger partial charge in [0.15, 0.2) is 0 Å². The number of pyridine rings is 2. The lowest BCUT2D eigenvalue weighted by atomic mass is 9.90. The largest absolute Gasteiger partial charge is 0.310 e. The molecule has 0 bridgehead atoms. The minimum atomic E-state index is 0.927. The van der Waals surface area contributed by atoms with Crippen LogP contribution in [0.25, 0.3) is 88.1 Å². The summed E-state index contributed by atoms with van der Waals surface area (Å²) in [6, 6.07) is 79.8. The molecule has 0 unspecified atom stereocenters. The molecule has 0 fully saturated rings. The fraction of sp³-hybridized carbons (Fsp3) is 0. The molecule has 0 spiro atoms. The number of benzene rings is 9. The first-order valence-electron chi connectivity index (χ1n) is 20.1. The van der Waals surface area contributed by atoms with Crippen molar-refractivity contribution < 1.29 is 0 Å². The Kier molecular flexibility index (Phi) is 8.49. The van der Waals surface area contributed by atoms with Gasteiger partial charge in [0.1, 0.15) is 0 Å². The van der Waals surface area contributed by atoms with Crippen molar-refractivity contribution in [3.63, 3.8) is 0 Å². The van der Waals surface area contributed by atoms with Crippen molar-refractivity contribution in [2.75, 3.05) is 4.90 Å². The third-order valence-electron chi connectivity index (χ3n) is 11.4. The van der Waals surface area contributed by atoms with Gasteiger partial charge in [-0.1, -0.05) is 164 Å². The molecular formula is C56H37N3. The molecule has 11 rings (SSSR count). The minimum Gasteiger partial charge on any atom is -0.310 e. The maximum atomic E-state index is 5.47. The number of hydrogen-bond donors (Lipinski definition) is 0. The van der Waals surface area contributed by atoms with E-state index in [1.54, 1.807) is 0 Å². The van der Waals surface area contributed by atoms with Gasteiger partial charge in [0, 0.05) is 49.7 Å². The predicted octanol–water partition coefficient (Wildman–Crippen LogP) is 15.2. The van der Waals surface area contributed by atoms with Gasteiger partial charge in [-0.2, -0.15) is 0 Å². The number of para-hydroxylation sites is 3. The summed E-state index contributed by atoms with van der Waals surface area (Å²) in [6.07, 6.45) is 0. The van der Waals surface area contributed by atoms with Crippen LogP contribution in [0.3, 0.4) is 0 Å². The van der Waals surface area contributed by atoms with E-state index in [0.29, 0.717) is 0 Å². The Bertz CT molecular complexity index is 3250. The lowest BCUT2D eigenvalue weighted by Gasteiger charge is -2.26. The Hall–Kier alpha value is -7.88. The van der Waals surface area contributed by atoms with Crippen LogP contribution in [0, 0.1) is 0 Å². The molecule has 0 radical (unpaired) electrons. The molecule has 2 heterocycles. The van der Waals surface area contributed by atoms with E-state index in [0.717, 1.165) is 88.7 Å². The molecule has 0 amide bonds. The zero-order valence-corrected chi connectivity index (χ0v) is 32.2. The van der Waals surface area contributed by atoms with Crippen LogP contribution in [0.2, 0.25) is 0 Å². The Morgan fingerprint density at radius 2 is 0.814 bits per heavy atom. The molecule has 0 aliphatic carbocycles. The Labute approximate surface area is 343 Å². The van der Waals surface area contributed by atoms with Gasteiger partial charge in [0.2, 0.25) is 0 Å². The topological polar surface area (TPSA) is 29.0 Å². The molecule has 59 heavy (non-hydrogen) atoms. The highest BCUT2D eigenvalue weighted by atomic mass is 15.1. The summed E-state index contributed by atoms with van der Waals surface area (Å²) >= 11 is 0. The summed E-state index contributed by atoms with van der Waals surface area (Å²) in [5.74, 6) is 0. The van der Waals surface area contributed by atoms with Gasteiger partial charge in [-0.15, -0.1) is 0 Å². The highest BCUT2D eigenvalue weighted by molar-refractivity contribution is 6.25. The van der Waals surface area contributed by atoms with Crippen molar-refractivity contribution in [3.8, 4) is 44.8 Å². The highest BCUT2D eigenvalue weighted by Crippen LogP contribution is 2.45. The molecule has 276 valence electrons. The second kappa shape index (κ2) is 14.6. The number of nitrogens with zero attached hydrogens (tertiary/aromatic N) is 3. The quantitative estimate of drug-likeness (QED) is 0.152. The predicted molar refractivity (Wildman–Crippen MR) is 248 cm³/mol. The maximum absolute atomic E-state index is 5.47. The summed E-state index contributed by atoms with van der Waals surface area (Å²) < 4.78 is 0.